The number of pyridine rings is 1. The third-order valence-corrected chi connectivity index (χ3v) is 1.68. The number of ketones is 1. The minimum Gasteiger partial charge on any atom is -0.495 e. The van der Waals surface area contributed by atoms with Gasteiger partial charge in [0.25, 0.3) is 0 Å². The molecule has 0 saturated carbocycles. The zero-order valence-electron chi connectivity index (χ0n) is 7.42. The fourth-order valence-electron chi connectivity index (χ4n) is 0.982. The molecule has 0 aliphatic heterocycles. The molecule has 1 rings (SSSR count). The average Bonchev–Trinajstić information content (AvgIpc) is 2.05. The molecule has 0 saturated heterocycles. The number of hydrogen-bond donors (Lipinski definition) is 0. The molecular weight excluding hydrogens is 154 g/mol. The highest BCUT2D eigenvalue weighted by Crippen LogP contribution is 2.14. The Kier molecular flexibility index (Phi) is 2.43. The predicted molar refractivity (Wildman–Crippen MR) is 45.5 cm³/mol. The summed E-state index contributed by atoms with van der Waals surface area (Å²) in [4.78, 5) is 15.1. The lowest BCUT2D eigenvalue weighted by atomic mass is 10.1. The van der Waals surface area contributed by atoms with Crippen LogP contribution in [0.2, 0.25) is 0 Å². The highest BCUT2D eigenvalue weighted by atomic mass is 16.5. The van der Waals surface area contributed by atoms with Crippen LogP contribution in [0.1, 0.15) is 23.0 Å². The fraction of sp³-hybridized carbons (Fsp3) is 0.333. The van der Waals surface area contributed by atoms with Gasteiger partial charge in [-0.15, -0.1) is 0 Å². The lowest BCUT2D eigenvalue weighted by Gasteiger charge is -2.03. The van der Waals surface area contributed by atoms with E-state index in [0.717, 1.165) is 5.69 Å². The summed E-state index contributed by atoms with van der Waals surface area (Å²) in [6, 6.07) is 1.70. The highest BCUT2D eigenvalue weighted by Gasteiger charge is 2.05. The Morgan fingerprint density at radius 3 is 2.75 bits per heavy atom. The monoisotopic (exact) mass is 165 g/mol. The molecule has 1 aromatic rings. The maximum Gasteiger partial charge on any atom is 0.161 e. The van der Waals surface area contributed by atoms with Gasteiger partial charge in [0.05, 0.1) is 13.3 Å². The average molecular weight is 165 g/mol. The molecule has 0 unspecified atom stereocenters. The third-order valence-electron chi connectivity index (χ3n) is 1.68. The van der Waals surface area contributed by atoms with Crippen molar-refractivity contribution >= 4 is 5.78 Å². The van der Waals surface area contributed by atoms with Crippen LogP contribution in [0, 0.1) is 6.92 Å². The molecule has 0 N–H and O–H groups in total. The highest BCUT2D eigenvalue weighted by molar-refractivity contribution is 5.95. The number of ether oxygens (including phenoxy) is 1. The molecular formula is C9H11NO2. The smallest absolute Gasteiger partial charge is 0.161 e. The molecule has 64 valence electrons. The second kappa shape index (κ2) is 3.34. The van der Waals surface area contributed by atoms with Gasteiger partial charge in [0, 0.05) is 11.3 Å². The number of aromatic nitrogens is 1. The Bertz CT molecular complexity index is 307. The van der Waals surface area contributed by atoms with Crippen molar-refractivity contribution in [3.63, 3.8) is 0 Å². The molecule has 0 aliphatic carbocycles. The number of carbonyl (C=O) groups is 1. The molecule has 0 aromatic carbocycles. The lowest BCUT2D eigenvalue weighted by Crippen LogP contribution is -1.99. The van der Waals surface area contributed by atoms with E-state index >= 15 is 0 Å². The van der Waals surface area contributed by atoms with E-state index in [0.29, 0.717) is 11.3 Å². The normalized spacial score (nSPS) is 9.58. The first kappa shape index (κ1) is 8.71. The van der Waals surface area contributed by atoms with Crippen LogP contribution in [0.25, 0.3) is 0 Å². The molecule has 0 amide bonds. The summed E-state index contributed by atoms with van der Waals surface area (Å²) in [5.74, 6) is 0.629. The van der Waals surface area contributed by atoms with Crippen molar-refractivity contribution in [3.8, 4) is 5.75 Å². The van der Waals surface area contributed by atoms with Crippen molar-refractivity contribution in [2.45, 2.75) is 13.8 Å². The summed E-state index contributed by atoms with van der Waals surface area (Å²) in [5, 5.41) is 0. The van der Waals surface area contributed by atoms with Gasteiger partial charge in [0.2, 0.25) is 0 Å². The Hall–Kier alpha value is -1.38. The van der Waals surface area contributed by atoms with Crippen molar-refractivity contribution in [2.24, 2.45) is 0 Å². The van der Waals surface area contributed by atoms with Crippen molar-refractivity contribution in [3.05, 3.63) is 23.5 Å². The van der Waals surface area contributed by atoms with E-state index in [1.54, 1.807) is 26.3 Å². The molecule has 1 aromatic heterocycles. The Morgan fingerprint density at radius 1 is 1.58 bits per heavy atom. The van der Waals surface area contributed by atoms with Crippen molar-refractivity contribution < 1.29 is 9.53 Å². The second-order valence-corrected chi connectivity index (χ2v) is 2.56. The van der Waals surface area contributed by atoms with Crippen LogP contribution in [0.15, 0.2) is 12.3 Å². The molecule has 0 spiro atoms. The van der Waals surface area contributed by atoms with Crippen LogP contribution < -0.4 is 4.74 Å². The van der Waals surface area contributed by atoms with E-state index in [9.17, 15) is 4.79 Å². The Labute approximate surface area is 71.4 Å². The van der Waals surface area contributed by atoms with Crippen LogP contribution in [0.3, 0.4) is 0 Å². The fourth-order valence-corrected chi connectivity index (χ4v) is 0.982. The number of hydrogen-bond acceptors (Lipinski definition) is 3. The van der Waals surface area contributed by atoms with Crippen LogP contribution in [0.4, 0.5) is 0 Å². The summed E-state index contributed by atoms with van der Waals surface area (Å²) in [6.45, 7) is 3.32. The number of methoxy groups -OCH3 is 1. The van der Waals surface area contributed by atoms with Crippen molar-refractivity contribution in [2.75, 3.05) is 7.11 Å². The number of rotatable bonds is 2. The summed E-state index contributed by atoms with van der Waals surface area (Å²) >= 11 is 0. The van der Waals surface area contributed by atoms with E-state index in [1.165, 1.54) is 6.92 Å². The molecule has 12 heavy (non-hydrogen) atoms. The van der Waals surface area contributed by atoms with E-state index < -0.39 is 0 Å². The van der Waals surface area contributed by atoms with E-state index in [4.69, 9.17) is 4.74 Å². The van der Waals surface area contributed by atoms with Gasteiger partial charge in [-0.05, 0) is 19.9 Å². The largest absolute Gasteiger partial charge is 0.495 e. The van der Waals surface area contributed by atoms with Gasteiger partial charge in [0.15, 0.2) is 5.78 Å². The third kappa shape index (κ3) is 1.61. The maximum absolute atomic E-state index is 11.0. The van der Waals surface area contributed by atoms with Crippen LogP contribution in [0.5, 0.6) is 5.75 Å². The molecule has 0 atom stereocenters. The molecule has 3 nitrogen and oxygen atoms in total. The van der Waals surface area contributed by atoms with E-state index in [1.807, 2.05) is 0 Å². The molecule has 0 bridgehead atoms. The topological polar surface area (TPSA) is 39.2 Å². The first-order valence-corrected chi connectivity index (χ1v) is 3.66. The van der Waals surface area contributed by atoms with Crippen LogP contribution in [-0.4, -0.2) is 17.9 Å². The van der Waals surface area contributed by atoms with Crippen molar-refractivity contribution in [1.29, 1.82) is 0 Å². The molecule has 3 heteroatoms. The van der Waals surface area contributed by atoms with Crippen molar-refractivity contribution in [1.82, 2.24) is 4.98 Å². The van der Waals surface area contributed by atoms with Crippen LogP contribution >= 0.6 is 0 Å². The lowest BCUT2D eigenvalue weighted by molar-refractivity contribution is 0.101. The number of nitrogens with zero attached hydrogens (tertiary/aromatic N) is 1. The summed E-state index contributed by atoms with van der Waals surface area (Å²) in [7, 11) is 1.55. The van der Waals surface area contributed by atoms with Gasteiger partial charge in [-0.2, -0.15) is 0 Å². The Morgan fingerprint density at radius 2 is 2.25 bits per heavy atom. The van der Waals surface area contributed by atoms with E-state index in [2.05, 4.69) is 4.98 Å². The molecule has 0 fully saturated rings. The van der Waals surface area contributed by atoms with Gasteiger partial charge in [-0.25, -0.2) is 0 Å². The minimum absolute atomic E-state index is 0.0129. The van der Waals surface area contributed by atoms with Crippen LogP contribution in [-0.2, 0) is 0 Å². The summed E-state index contributed by atoms with van der Waals surface area (Å²) in [5.41, 5.74) is 1.36. The van der Waals surface area contributed by atoms with E-state index in [-0.39, 0.29) is 5.78 Å². The number of carbonyl (C=O) groups excluding carboxylic acids is 1. The maximum atomic E-state index is 11.0. The number of Topliss-reactive ketones (excluding diaryl/α,β-unsaturated/α-hetero) is 1. The number of aryl methyl sites for hydroxylation is 1. The molecule has 0 aliphatic rings. The van der Waals surface area contributed by atoms with Gasteiger partial charge in [-0.1, -0.05) is 0 Å². The second-order valence-electron chi connectivity index (χ2n) is 2.56. The van der Waals surface area contributed by atoms with Gasteiger partial charge >= 0.3 is 0 Å². The minimum atomic E-state index is 0.0129. The zero-order chi connectivity index (χ0) is 9.14. The predicted octanol–water partition coefficient (Wildman–Crippen LogP) is 1.60. The SMILES string of the molecule is COc1cnc(C)c(C(C)=O)c1. The van der Waals surface area contributed by atoms with Gasteiger partial charge < -0.3 is 4.74 Å². The quantitative estimate of drug-likeness (QED) is 0.625. The summed E-state index contributed by atoms with van der Waals surface area (Å²) in [6.07, 6.45) is 1.60. The summed E-state index contributed by atoms with van der Waals surface area (Å²) < 4.78 is 4.95. The molecule has 1 heterocycles. The first-order valence-electron chi connectivity index (χ1n) is 3.66. The first-order chi connectivity index (χ1) is 5.65. The van der Waals surface area contributed by atoms with Gasteiger partial charge in [0.1, 0.15) is 5.75 Å². The Balaban J connectivity index is 3.17. The molecule has 0 radical (unpaired) electrons. The zero-order valence-corrected chi connectivity index (χ0v) is 7.42. The standard InChI is InChI=1S/C9H11NO2/c1-6-9(7(2)11)4-8(12-3)5-10-6/h4-5H,1-3H3. The van der Waals surface area contributed by atoms with Gasteiger partial charge in [-0.3, -0.25) is 9.78 Å².